The standard InChI is InChI=1S/C23H24N4O2/c1-16-25-20-9-5-6-10-21(20)26(16)14-12-24-23(29)15-22-19-8-4-3-7-18(19)11-13-27(22)17(2)28/h3-11,13,22H,12,14-15H2,1-2H3,(H,24,29)/t22-/m0/s1. The monoisotopic (exact) mass is 388 g/mol. The first-order valence-corrected chi connectivity index (χ1v) is 9.79. The summed E-state index contributed by atoms with van der Waals surface area (Å²) in [7, 11) is 0. The Kier molecular flexibility index (Phi) is 5.16. The number of rotatable bonds is 5. The number of hydrogen-bond donors (Lipinski definition) is 1. The lowest BCUT2D eigenvalue weighted by molar-refractivity contribution is -0.129. The predicted octanol–water partition coefficient (Wildman–Crippen LogP) is 3.43. The van der Waals surface area contributed by atoms with Gasteiger partial charge in [-0.2, -0.15) is 0 Å². The van der Waals surface area contributed by atoms with Gasteiger partial charge in [0.15, 0.2) is 0 Å². The largest absolute Gasteiger partial charge is 0.354 e. The lowest BCUT2D eigenvalue weighted by atomic mass is 9.93. The van der Waals surface area contributed by atoms with Crippen molar-refractivity contribution in [2.45, 2.75) is 32.9 Å². The molecule has 0 unspecified atom stereocenters. The molecule has 0 saturated carbocycles. The number of para-hydroxylation sites is 2. The summed E-state index contributed by atoms with van der Waals surface area (Å²) in [5, 5.41) is 3.00. The summed E-state index contributed by atoms with van der Waals surface area (Å²) in [6.45, 7) is 4.65. The number of aryl methyl sites for hydroxylation is 1. The Morgan fingerprint density at radius 1 is 1.10 bits per heavy atom. The van der Waals surface area contributed by atoms with Gasteiger partial charge in [0.05, 0.1) is 23.5 Å². The molecule has 6 heteroatoms. The second kappa shape index (κ2) is 7.91. The molecule has 3 aromatic rings. The Morgan fingerprint density at radius 3 is 2.69 bits per heavy atom. The Balaban J connectivity index is 1.43. The predicted molar refractivity (Wildman–Crippen MR) is 113 cm³/mol. The van der Waals surface area contributed by atoms with Crippen LogP contribution >= 0.6 is 0 Å². The number of carbonyl (C=O) groups is 2. The zero-order chi connectivity index (χ0) is 20.4. The Hall–Kier alpha value is -3.41. The summed E-state index contributed by atoms with van der Waals surface area (Å²) in [6, 6.07) is 15.6. The van der Waals surface area contributed by atoms with E-state index in [1.54, 1.807) is 11.1 Å². The van der Waals surface area contributed by atoms with Crippen molar-refractivity contribution in [2.24, 2.45) is 0 Å². The Bertz CT molecular complexity index is 1100. The third-order valence-electron chi connectivity index (χ3n) is 5.35. The molecule has 148 valence electrons. The van der Waals surface area contributed by atoms with Crippen LogP contribution in [0.2, 0.25) is 0 Å². The molecule has 6 nitrogen and oxygen atoms in total. The van der Waals surface area contributed by atoms with Gasteiger partial charge in [0, 0.05) is 26.2 Å². The number of aromatic nitrogens is 2. The SMILES string of the molecule is CC(=O)N1C=Cc2ccccc2[C@@H]1CC(=O)NCCn1c(C)nc2ccccc21. The van der Waals surface area contributed by atoms with Crippen molar-refractivity contribution in [2.75, 3.05) is 6.54 Å². The molecule has 0 fully saturated rings. The van der Waals surface area contributed by atoms with E-state index in [0.29, 0.717) is 13.1 Å². The smallest absolute Gasteiger partial charge is 0.223 e. The van der Waals surface area contributed by atoms with Gasteiger partial charge in [0.2, 0.25) is 11.8 Å². The number of imidazole rings is 1. The van der Waals surface area contributed by atoms with E-state index in [0.717, 1.165) is 28.0 Å². The summed E-state index contributed by atoms with van der Waals surface area (Å²) in [5.74, 6) is 0.775. The van der Waals surface area contributed by atoms with Crippen molar-refractivity contribution in [1.82, 2.24) is 19.8 Å². The maximum atomic E-state index is 12.7. The number of nitrogens with one attached hydrogen (secondary N) is 1. The van der Waals surface area contributed by atoms with E-state index in [1.165, 1.54) is 6.92 Å². The first-order valence-electron chi connectivity index (χ1n) is 9.79. The minimum absolute atomic E-state index is 0.0749. The lowest BCUT2D eigenvalue weighted by Gasteiger charge is -2.32. The minimum atomic E-state index is -0.287. The van der Waals surface area contributed by atoms with Crippen LogP contribution in [0, 0.1) is 6.92 Å². The van der Waals surface area contributed by atoms with Gasteiger partial charge in [0.1, 0.15) is 5.82 Å². The molecule has 1 aliphatic heterocycles. The fourth-order valence-electron chi connectivity index (χ4n) is 3.95. The van der Waals surface area contributed by atoms with Crippen LogP contribution in [-0.2, 0) is 16.1 Å². The van der Waals surface area contributed by atoms with Gasteiger partial charge in [-0.1, -0.05) is 36.4 Å². The van der Waals surface area contributed by atoms with E-state index in [2.05, 4.69) is 14.9 Å². The number of amides is 2. The van der Waals surface area contributed by atoms with Crippen LogP contribution in [0.25, 0.3) is 17.1 Å². The van der Waals surface area contributed by atoms with Gasteiger partial charge >= 0.3 is 0 Å². The van der Waals surface area contributed by atoms with Gasteiger partial charge in [0.25, 0.3) is 0 Å². The van der Waals surface area contributed by atoms with E-state index in [4.69, 9.17) is 0 Å². The van der Waals surface area contributed by atoms with Crippen LogP contribution < -0.4 is 5.32 Å². The summed E-state index contributed by atoms with van der Waals surface area (Å²) < 4.78 is 2.11. The molecular formula is C23H24N4O2. The number of benzene rings is 2. The fourth-order valence-corrected chi connectivity index (χ4v) is 3.95. The zero-order valence-corrected chi connectivity index (χ0v) is 16.6. The highest BCUT2D eigenvalue weighted by molar-refractivity contribution is 5.82. The molecular weight excluding hydrogens is 364 g/mol. The van der Waals surface area contributed by atoms with E-state index >= 15 is 0 Å². The number of nitrogens with zero attached hydrogens (tertiary/aromatic N) is 3. The molecule has 0 bridgehead atoms. The Labute approximate surface area is 169 Å². The molecule has 1 atom stereocenters. The molecule has 2 amide bonds. The van der Waals surface area contributed by atoms with Crippen LogP contribution in [-0.4, -0.2) is 32.8 Å². The number of fused-ring (bicyclic) bond motifs is 2. The summed E-state index contributed by atoms with van der Waals surface area (Å²) in [4.78, 5) is 30.9. The molecule has 1 aromatic heterocycles. The highest BCUT2D eigenvalue weighted by Gasteiger charge is 2.28. The second-order valence-corrected chi connectivity index (χ2v) is 7.24. The van der Waals surface area contributed by atoms with E-state index in [-0.39, 0.29) is 24.3 Å². The summed E-state index contributed by atoms with van der Waals surface area (Å²) >= 11 is 0. The van der Waals surface area contributed by atoms with Gasteiger partial charge in [-0.05, 0) is 36.3 Å². The van der Waals surface area contributed by atoms with Gasteiger partial charge in [-0.25, -0.2) is 4.98 Å². The fraction of sp³-hybridized carbons (Fsp3) is 0.261. The van der Waals surface area contributed by atoms with Gasteiger partial charge in [-0.3, -0.25) is 9.59 Å². The maximum absolute atomic E-state index is 12.7. The third kappa shape index (κ3) is 3.78. The van der Waals surface area contributed by atoms with E-state index < -0.39 is 0 Å². The molecule has 2 heterocycles. The van der Waals surface area contributed by atoms with Crippen LogP contribution in [0.1, 0.15) is 36.3 Å². The first kappa shape index (κ1) is 18.9. The summed E-state index contributed by atoms with van der Waals surface area (Å²) in [6.07, 6.45) is 3.91. The molecule has 0 radical (unpaired) electrons. The molecule has 0 spiro atoms. The zero-order valence-electron chi connectivity index (χ0n) is 16.6. The van der Waals surface area contributed by atoms with Gasteiger partial charge in [-0.15, -0.1) is 0 Å². The average Bonchev–Trinajstić information content (AvgIpc) is 3.03. The average molecular weight is 388 g/mol. The molecule has 2 aromatic carbocycles. The normalized spacial score (nSPS) is 15.4. The molecule has 4 rings (SSSR count). The van der Waals surface area contributed by atoms with Gasteiger partial charge < -0.3 is 14.8 Å². The van der Waals surface area contributed by atoms with Crippen molar-refractivity contribution in [1.29, 1.82) is 0 Å². The van der Waals surface area contributed by atoms with Crippen LogP contribution in [0.4, 0.5) is 0 Å². The number of hydrogen-bond acceptors (Lipinski definition) is 3. The van der Waals surface area contributed by atoms with Crippen molar-refractivity contribution in [3.05, 3.63) is 71.7 Å². The first-order chi connectivity index (χ1) is 14.0. The quantitative estimate of drug-likeness (QED) is 0.728. The molecule has 29 heavy (non-hydrogen) atoms. The maximum Gasteiger partial charge on any atom is 0.223 e. The van der Waals surface area contributed by atoms with E-state index in [1.807, 2.05) is 61.5 Å². The molecule has 0 aliphatic carbocycles. The Morgan fingerprint density at radius 2 is 1.86 bits per heavy atom. The van der Waals surface area contributed by atoms with Crippen LogP contribution in [0.3, 0.4) is 0 Å². The topological polar surface area (TPSA) is 67.2 Å². The van der Waals surface area contributed by atoms with Crippen molar-refractivity contribution >= 4 is 28.9 Å². The van der Waals surface area contributed by atoms with Crippen LogP contribution in [0.5, 0.6) is 0 Å². The number of carbonyl (C=O) groups excluding carboxylic acids is 2. The van der Waals surface area contributed by atoms with Crippen molar-refractivity contribution in [3.8, 4) is 0 Å². The van der Waals surface area contributed by atoms with Crippen molar-refractivity contribution < 1.29 is 9.59 Å². The lowest BCUT2D eigenvalue weighted by Crippen LogP contribution is -2.36. The minimum Gasteiger partial charge on any atom is -0.354 e. The van der Waals surface area contributed by atoms with E-state index in [9.17, 15) is 9.59 Å². The molecule has 0 saturated heterocycles. The highest BCUT2D eigenvalue weighted by Crippen LogP contribution is 2.32. The second-order valence-electron chi connectivity index (χ2n) is 7.24. The van der Waals surface area contributed by atoms with Crippen molar-refractivity contribution in [3.63, 3.8) is 0 Å². The highest BCUT2D eigenvalue weighted by atomic mass is 16.2. The third-order valence-corrected chi connectivity index (χ3v) is 5.35. The molecule has 1 N–H and O–H groups in total. The molecule has 1 aliphatic rings. The van der Waals surface area contributed by atoms with Crippen LogP contribution in [0.15, 0.2) is 54.7 Å². The summed E-state index contributed by atoms with van der Waals surface area (Å²) in [5.41, 5.74) is 4.06.